The zero-order chi connectivity index (χ0) is 28.4. The Morgan fingerprint density at radius 1 is 0.605 bits per heavy atom. The summed E-state index contributed by atoms with van der Waals surface area (Å²) in [4.78, 5) is 10.3. The molecule has 0 fully saturated rings. The molecule has 0 bridgehead atoms. The van der Waals surface area contributed by atoms with Gasteiger partial charge in [0.05, 0.1) is 0 Å². The molecule has 0 aromatic carbocycles. The molecule has 1 heteroatoms. The Kier molecular flexibility index (Phi) is 15.4. The highest BCUT2D eigenvalue weighted by Gasteiger charge is 2.26. The molecule has 0 saturated heterocycles. The lowest BCUT2D eigenvalue weighted by Gasteiger charge is -2.32. The molecule has 0 spiro atoms. The second-order valence-electron chi connectivity index (χ2n) is 10.8. The fraction of sp³-hybridized carbons (Fsp3) is 0.324. The quantitative estimate of drug-likeness (QED) is 0.145. The Hall–Kier alpha value is -3.45. The average Bonchev–Trinajstić information content (AvgIpc) is 2.84. The van der Waals surface area contributed by atoms with Crippen molar-refractivity contribution in [3.05, 3.63) is 142 Å². The molecule has 0 amide bonds. The molecule has 0 heterocycles. The van der Waals surface area contributed by atoms with Gasteiger partial charge in [0.25, 0.3) is 0 Å². The second kappa shape index (κ2) is 17.9. The zero-order valence-corrected chi connectivity index (χ0v) is 24.9. The molecule has 38 heavy (non-hydrogen) atoms. The smallest absolute Gasteiger partial charge is 0.142 e. The molecule has 0 aliphatic heterocycles. The monoisotopic (exact) mass is 508 g/mol. The molecule has 1 nitrogen and oxygen atoms in total. The van der Waals surface area contributed by atoms with Crippen molar-refractivity contribution in [1.82, 2.24) is 0 Å². The molecule has 0 aromatic heterocycles. The van der Waals surface area contributed by atoms with Crippen LogP contribution in [-0.4, -0.2) is 6.29 Å². The summed E-state index contributed by atoms with van der Waals surface area (Å²) >= 11 is 0. The topological polar surface area (TPSA) is 17.1 Å². The number of rotatable bonds is 12. The van der Waals surface area contributed by atoms with Crippen LogP contribution in [0.3, 0.4) is 0 Å². The van der Waals surface area contributed by atoms with Crippen molar-refractivity contribution >= 4 is 6.29 Å². The van der Waals surface area contributed by atoms with Gasteiger partial charge in [0.1, 0.15) is 6.29 Å². The molecule has 1 aliphatic carbocycles. The van der Waals surface area contributed by atoms with Crippen LogP contribution in [0, 0.1) is 5.41 Å². The lowest BCUT2D eigenvalue weighted by molar-refractivity contribution is -0.104. The SMILES string of the molecule is CC1=C(/C=C/C(C)=C/C=C/C(C)=C/C=C/C=C(C)/C=C/C=C(C)/C=C/C=C(C)/C=C\C=O)C(C)(C)CCC1. The Balaban J connectivity index is 2.62. The van der Waals surface area contributed by atoms with Gasteiger partial charge in [0, 0.05) is 0 Å². The van der Waals surface area contributed by atoms with E-state index in [1.807, 2.05) is 25.2 Å². The van der Waals surface area contributed by atoms with Crippen molar-refractivity contribution < 1.29 is 4.79 Å². The normalized spacial score (nSPS) is 19.1. The van der Waals surface area contributed by atoms with Gasteiger partial charge in [-0.25, -0.2) is 0 Å². The van der Waals surface area contributed by atoms with Gasteiger partial charge in [0.2, 0.25) is 0 Å². The van der Waals surface area contributed by atoms with Crippen molar-refractivity contribution in [2.45, 2.75) is 74.7 Å². The number of hydrogen-bond acceptors (Lipinski definition) is 1. The Labute approximate surface area is 233 Å². The third-order valence-corrected chi connectivity index (χ3v) is 6.48. The largest absolute Gasteiger partial charge is 0.299 e. The number of allylic oxidation sites excluding steroid dienone is 24. The van der Waals surface area contributed by atoms with Crippen molar-refractivity contribution in [3.63, 3.8) is 0 Å². The summed E-state index contributed by atoms with van der Waals surface area (Å²) in [5.74, 6) is 0. The first-order chi connectivity index (χ1) is 18.0. The number of carbonyl (C=O) groups is 1. The van der Waals surface area contributed by atoms with Crippen LogP contribution >= 0.6 is 0 Å². The average molecular weight is 509 g/mol. The van der Waals surface area contributed by atoms with Crippen LogP contribution < -0.4 is 0 Å². The van der Waals surface area contributed by atoms with Gasteiger partial charge in [-0.3, -0.25) is 4.79 Å². The molecule has 0 radical (unpaired) electrons. The Morgan fingerprint density at radius 3 is 1.42 bits per heavy atom. The van der Waals surface area contributed by atoms with Gasteiger partial charge in [-0.05, 0) is 77.9 Å². The van der Waals surface area contributed by atoms with E-state index in [9.17, 15) is 4.79 Å². The van der Waals surface area contributed by atoms with Crippen LogP contribution in [0.4, 0.5) is 0 Å². The maximum atomic E-state index is 10.3. The van der Waals surface area contributed by atoms with Crippen molar-refractivity contribution in [3.8, 4) is 0 Å². The highest BCUT2D eigenvalue weighted by Crippen LogP contribution is 2.40. The van der Waals surface area contributed by atoms with Crippen molar-refractivity contribution in [2.75, 3.05) is 0 Å². The third-order valence-electron chi connectivity index (χ3n) is 6.48. The Morgan fingerprint density at radius 2 is 1.00 bits per heavy atom. The number of hydrogen-bond donors (Lipinski definition) is 0. The fourth-order valence-corrected chi connectivity index (χ4v) is 4.16. The van der Waals surface area contributed by atoms with E-state index in [0.29, 0.717) is 0 Å². The molecule has 1 rings (SSSR count). The van der Waals surface area contributed by atoms with Crippen LogP contribution in [-0.2, 0) is 4.79 Å². The van der Waals surface area contributed by atoms with Crippen LogP contribution in [0.2, 0.25) is 0 Å². The van der Waals surface area contributed by atoms with E-state index in [1.54, 1.807) is 6.08 Å². The van der Waals surface area contributed by atoms with Crippen LogP contribution in [0.25, 0.3) is 0 Å². The van der Waals surface area contributed by atoms with Crippen LogP contribution in [0.15, 0.2) is 142 Å². The first-order valence-corrected chi connectivity index (χ1v) is 13.6. The molecular formula is C37H48O. The first-order valence-electron chi connectivity index (χ1n) is 13.6. The minimum absolute atomic E-state index is 0.282. The molecule has 0 atom stereocenters. The summed E-state index contributed by atoms with van der Waals surface area (Å²) in [7, 11) is 0. The van der Waals surface area contributed by atoms with Gasteiger partial charge in [-0.1, -0.05) is 145 Å². The molecule has 0 N–H and O–H groups in total. The summed E-state index contributed by atoms with van der Waals surface area (Å²) < 4.78 is 0. The van der Waals surface area contributed by atoms with E-state index in [0.717, 1.165) is 17.4 Å². The molecule has 0 saturated carbocycles. The van der Waals surface area contributed by atoms with Gasteiger partial charge in [-0.2, -0.15) is 0 Å². The van der Waals surface area contributed by atoms with Gasteiger partial charge in [-0.15, -0.1) is 0 Å². The molecule has 202 valence electrons. The molecule has 1 aliphatic rings. The maximum Gasteiger partial charge on any atom is 0.142 e. The van der Waals surface area contributed by atoms with Crippen molar-refractivity contribution in [2.24, 2.45) is 5.41 Å². The lowest BCUT2D eigenvalue weighted by Crippen LogP contribution is -2.19. The highest BCUT2D eigenvalue weighted by molar-refractivity contribution is 5.65. The summed E-state index contributed by atoms with van der Waals surface area (Å²) in [5.41, 5.74) is 9.17. The van der Waals surface area contributed by atoms with Crippen molar-refractivity contribution in [1.29, 1.82) is 0 Å². The number of aldehydes is 1. The predicted molar refractivity (Wildman–Crippen MR) is 170 cm³/mol. The predicted octanol–water partition coefficient (Wildman–Crippen LogP) is 10.8. The third kappa shape index (κ3) is 14.3. The molecule has 0 aromatic rings. The number of carbonyl (C=O) groups excluding carboxylic acids is 1. The van der Waals surface area contributed by atoms with Gasteiger partial charge >= 0.3 is 0 Å². The summed E-state index contributed by atoms with van der Waals surface area (Å²) in [6.45, 7) is 17.4. The minimum atomic E-state index is 0.282. The fourth-order valence-electron chi connectivity index (χ4n) is 4.16. The van der Waals surface area contributed by atoms with E-state index in [2.05, 4.69) is 121 Å². The highest BCUT2D eigenvalue weighted by atomic mass is 16.1. The summed E-state index contributed by atoms with van der Waals surface area (Å²) in [5, 5.41) is 0. The van der Waals surface area contributed by atoms with E-state index in [1.165, 1.54) is 53.2 Å². The van der Waals surface area contributed by atoms with E-state index in [-0.39, 0.29) is 5.41 Å². The molecule has 0 unspecified atom stereocenters. The maximum absolute atomic E-state index is 10.3. The molecular weight excluding hydrogens is 460 g/mol. The van der Waals surface area contributed by atoms with E-state index < -0.39 is 0 Å². The van der Waals surface area contributed by atoms with Gasteiger partial charge < -0.3 is 0 Å². The van der Waals surface area contributed by atoms with Crippen LogP contribution in [0.5, 0.6) is 0 Å². The van der Waals surface area contributed by atoms with E-state index in [4.69, 9.17) is 0 Å². The van der Waals surface area contributed by atoms with E-state index >= 15 is 0 Å². The zero-order valence-electron chi connectivity index (χ0n) is 24.9. The lowest BCUT2D eigenvalue weighted by atomic mass is 9.72. The minimum Gasteiger partial charge on any atom is -0.299 e. The standard InChI is InChI=1S/C37H48O/c1-30(18-11-20-32(3)21-12-22-33(4)24-15-29-38)16-9-10-17-31(2)19-13-23-34(5)26-27-36-35(6)25-14-28-37(36,7)8/h9-13,15-24,26-27,29H,14,25,28H2,1-8H3/b10-9+,18-11+,19-13+,21-12+,24-15-,27-26+,30-16+,31-17+,32-20+,33-22+,34-23+. The Bertz CT molecular complexity index is 1150. The summed E-state index contributed by atoms with van der Waals surface area (Å²) in [6.07, 6.45) is 39.5. The van der Waals surface area contributed by atoms with Crippen LogP contribution in [0.1, 0.15) is 74.7 Å². The summed E-state index contributed by atoms with van der Waals surface area (Å²) in [6, 6.07) is 0. The second-order valence-corrected chi connectivity index (χ2v) is 10.8. The van der Waals surface area contributed by atoms with Gasteiger partial charge in [0.15, 0.2) is 0 Å². The first kappa shape index (κ1) is 32.6.